The number of aromatic nitrogens is 2. The molecule has 252 valence electrons. The third-order valence-electron chi connectivity index (χ3n) is 7.93. The van der Waals surface area contributed by atoms with Crippen LogP contribution in [0.25, 0.3) is 99.6 Å². The molecule has 0 spiro atoms. The molecule has 1 aromatic heterocycles. The van der Waals surface area contributed by atoms with E-state index >= 15 is 0 Å². The smallest absolute Gasteiger partial charge is 0.160 e. The molecule has 10 rings (SSSR count). The summed E-state index contributed by atoms with van der Waals surface area (Å²) in [5.41, 5.74) is -10.0. The molecule has 9 aromatic carbocycles. The van der Waals surface area contributed by atoms with E-state index in [1.807, 2.05) is 0 Å². The number of hydrogen-bond acceptors (Lipinski definition) is 2. The van der Waals surface area contributed by atoms with Gasteiger partial charge in [-0.05, 0) is 77.8 Å². The van der Waals surface area contributed by atoms with E-state index in [4.69, 9.17) is 31.5 Å². The maximum atomic E-state index is 9.69. The van der Waals surface area contributed by atoms with Gasteiger partial charge >= 0.3 is 0 Å². The van der Waals surface area contributed by atoms with Gasteiger partial charge in [-0.3, -0.25) is 0 Å². The van der Waals surface area contributed by atoms with Gasteiger partial charge in [0.15, 0.2) is 5.82 Å². The van der Waals surface area contributed by atoms with E-state index in [0.29, 0.717) is 0 Å². The van der Waals surface area contributed by atoms with Crippen LogP contribution in [0.15, 0.2) is 205 Å². The first-order valence-corrected chi connectivity index (χ1v) is 15.6. The van der Waals surface area contributed by atoms with Crippen molar-refractivity contribution >= 4 is 32.3 Å². The Balaban J connectivity index is 1.38. The monoisotopic (exact) mass is 720 g/mol. The van der Waals surface area contributed by atoms with Crippen LogP contribution in [-0.2, 0) is 0 Å². The highest BCUT2D eigenvalue weighted by Crippen LogP contribution is 2.40. The second-order valence-electron chi connectivity index (χ2n) is 11.1. The van der Waals surface area contributed by atoms with E-state index in [0.717, 1.165) is 0 Å². The highest BCUT2D eigenvalue weighted by molar-refractivity contribution is 6.20. The molecule has 1 heterocycles. The highest BCUT2D eigenvalue weighted by Gasteiger charge is 2.15. The van der Waals surface area contributed by atoms with Gasteiger partial charge in [0, 0.05) is 16.7 Å². The highest BCUT2D eigenvalue weighted by atomic mass is 14.9. The third kappa shape index (κ3) is 5.81. The molecule has 0 aliphatic carbocycles. The van der Waals surface area contributed by atoms with Crippen molar-refractivity contribution in [3.63, 3.8) is 0 Å². The zero-order valence-electron chi connectivity index (χ0n) is 60.9. The van der Waals surface area contributed by atoms with Crippen LogP contribution in [0.5, 0.6) is 0 Å². The van der Waals surface area contributed by atoms with Crippen LogP contribution < -0.4 is 0 Å². The molecule has 0 aliphatic rings. The van der Waals surface area contributed by atoms with Crippen LogP contribution in [0, 0.1) is 0 Å². The van der Waals surface area contributed by atoms with E-state index in [-0.39, 0.29) is 0 Å². The van der Waals surface area contributed by atoms with Crippen LogP contribution in [0.2, 0.25) is 0 Å². The summed E-state index contributed by atoms with van der Waals surface area (Å²) < 4.78 is 303. The Bertz CT molecular complexity index is 4660. The molecular formula is C52H34N2. The zero-order valence-corrected chi connectivity index (χ0v) is 26.9. The molecule has 0 fully saturated rings. The maximum absolute atomic E-state index is 9.69. The lowest BCUT2D eigenvalue weighted by Gasteiger charge is -2.15. The summed E-state index contributed by atoms with van der Waals surface area (Å²) in [6.45, 7) is 0. The lowest BCUT2D eigenvalue weighted by molar-refractivity contribution is 1.18. The summed E-state index contributed by atoms with van der Waals surface area (Å²) in [6.07, 6.45) is 0. The molecule has 0 saturated heterocycles. The number of hydrogen-bond donors (Lipinski definition) is 0. The van der Waals surface area contributed by atoms with Crippen LogP contribution in [-0.4, -0.2) is 9.97 Å². The first-order valence-electron chi connectivity index (χ1n) is 32.6. The fraction of sp³-hybridized carbons (Fsp3) is 0. The Morgan fingerprint density at radius 2 is 0.722 bits per heavy atom. The quantitative estimate of drug-likeness (QED) is 0.126. The van der Waals surface area contributed by atoms with Crippen molar-refractivity contribution in [1.29, 1.82) is 0 Å². The summed E-state index contributed by atoms with van der Waals surface area (Å²) >= 11 is 0. The summed E-state index contributed by atoms with van der Waals surface area (Å²) in [5.74, 6) is -1.09. The SMILES string of the molecule is [2H]c1c(-c2c([2H])c([2H])c(-c3c([2H])c([2H])c([2H])c([2H])c3[2H])c([2H])c2[2H])nc(-c2c([2H])c([2H])c(-c3c4c([2H])c([2H])c([2H])c([2H])c4c([2H])c4c3c([2H])c([2H])c3c([2H])c([2H])c([2H])c([2H])c34)c([2H])c2[2H])nc1-c1c([2H])c([2H])c(-c2c([2H])c([2H])c([2H])c([2H])c2[2H])c([2H])c1[2H]. The van der Waals surface area contributed by atoms with Crippen molar-refractivity contribution < 1.29 is 46.6 Å². The summed E-state index contributed by atoms with van der Waals surface area (Å²) in [7, 11) is 0. The predicted octanol–water partition coefficient (Wildman–Crippen LogP) is 13.9. The van der Waals surface area contributed by atoms with Gasteiger partial charge in [-0.1, -0.05) is 193 Å². The summed E-state index contributed by atoms with van der Waals surface area (Å²) in [5, 5.41) is -3.94. The first-order chi connectivity index (χ1) is 40.9. The molecule has 0 aliphatic heterocycles. The maximum Gasteiger partial charge on any atom is 0.160 e. The molecule has 2 heteroatoms. The number of benzene rings is 9. The van der Waals surface area contributed by atoms with Crippen molar-refractivity contribution in [2.75, 3.05) is 0 Å². The second kappa shape index (κ2) is 13.4. The van der Waals surface area contributed by atoms with E-state index < -0.39 is 305 Å². The summed E-state index contributed by atoms with van der Waals surface area (Å²) in [4.78, 5) is 8.62. The van der Waals surface area contributed by atoms with Crippen LogP contribution in [0.4, 0.5) is 0 Å². The minimum Gasteiger partial charge on any atom is -0.228 e. The van der Waals surface area contributed by atoms with E-state index in [2.05, 4.69) is 9.97 Å². The van der Waals surface area contributed by atoms with Gasteiger partial charge in [-0.25, -0.2) is 9.97 Å². The molecule has 0 radical (unpaired) electrons. The van der Waals surface area contributed by atoms with E-state index in [1.54, 1.807) is 0 Å². The molecular weight excluding hydrogens is 653 g/mol. The first kappa shape index (κ1) is 12.2. The lowest BCUT2D eigenvalue weighted by atomic mass is 9.89. The average molecular weight is 721 g/mol. The lowest BCUT2D eigenvalue weighted by Crippen LogP contribution is -1.96. The van der Waals surface area contributed by atoms with Gasteiger partial charge < -0.3 is 0 Å². The minimum absolute atomic E-state index is 0.593. The Morgan fingerprint density at radius 3 is 1.31 bits per heavy atom. The van der Waals surface area contributed by atoms with Gasteiger partial charge in [-0.2, -0.15) is 0 Å². The Hall–Kier alpha value is -7.16. The standard InChI is InChI=1S/C52H34N2/c1-3-11-35(12-4-1)37-19-23-40(24-20-37)49-34-50(41-25-21-38(22-26-41)36-13-5-2-6-14-36)54-52(53-49)43-29-27-42(28-30-43)51-46-18-10-8-16-44(46)33-48-45-17-9-7-15-39(45)31-32-47(48)51/h1-34H/i1D,2D,3D,4D,5D,6D,7D,8D,9D,10D,11D,12D,13D,14D,15D,16D,17D,18D,19D,20D,21D,22D,23D,24D,25D,26D,27D,28D,29D,30D,31D,32D,33D,34D. The normalized spacial score (nSPS) is 20.1. The van der Waals surface area contributed by atoms with Crippen LogP contribution in [0.3, 0.4) is 0 Å². The van der Waals surface area contributed by atoms with Crippen molar-refractivity contribution in [1.82, 2.24) is 9.97 Å². The number of rotatable bonds is 6. The second-order valence-corrected chi connectivity index (χ2v) is 11.1. The summed E-state index contributed by atoms with van der Waals surface area (Å²) in [6, 6.07) is -34.3. The average Bonchev–Trinajstić information content (AvgIpc) is 0.733. The molecule has 0 unspecified atom stereocenters. The van der Waals surface area contributed by atoms with Gasteiger partial charge in [0.2, 0.25) is 0 Å². The Labute approximate surface area is 362 Å². The largest absolute Gasteiger partial charge is 0.228 e. The van der Waals surface area contributed by atoms with Gasteiger partial charge in [-0.15, -0.1) is 0 Å². The fourth-order valence-corrected chi connectivity index (χ4v) is 5.48. The molecule has 0 bridgehead atoms. The van der Waals surface area contributed by atoms with Crippen molar-refractivity contribution in [2.45, 2.75) is 0 Å². The zero-order chi connectivity index (χ0) is 65.4. The predicted molar refractivity (Wildman–Crippen MR) is 227 cm³/mol. The van der Waals surface area contributed by atoms with Gasteiger partial charge in [0.1, 0.15) is 0 Å². The number of nitrogens with zero attached hydrogens (tertiary/aromatic N) is 2. The number of fused-ring (bicyclic) bond motifs is 4. The van der Waals surface area contributed by atoms with Crippen molar-refractivity contribution in [2.24, 2.45) is 0 Å². The molecule has 0 saturated carbocycles. The topological polar surface area (TPSA) is 25.8 Å². The molecule has 54 heavy (non-hydrogen) atoms. The molecule has 0 amide bonds. The minimum atomic E-state index is -1.21. The van der Waals surface area contributed by atoms with Crippen LogP contribution in [0.1, 0.15) is 46.6 Å². The van der Waals surface area contributed by atoms with Gasteiger partial charge in [0.05, 0.1) is 58.0 Å². The van der Waals surface area contributed by atoms with Crippen molar-refractivity contribution in [3.8, 4) is 67.3 Å². The third-order valence-corrected chi connectivity index (χ3v) is 7.93. The Morgan fingerprint density at radius 1 is 0.278 bits per heavy atom. The Kier molecular flexibility index (Phi) is 3.03. The molecule has 0 atom stereocenters. The van der Waals surface area contributed by atoms with Crippen LogP contribution >= 0.6 is 0 Å². The van der Waals surface area contributed by atoms with Crippen molar-refractivity contribution in [3.05, 3.63) is 205 Å². The van der Waals surface area contributed by atoms with Gasteiger partial charge in [0.25, 0.3) is 0 Å². The molecule has 10 aromatic rings. The molecule has 2 nitrogen and oxygen atoms in total. The van der Waals surface area contributed by atoms with E-state index in [9.17, 15) is 15.1 Å². The van der Waals surface area contributed by atoms with E-state index in [1.165, 1.54) is 0 Å². The fourth-order valence-electron chi connectivity index (χ4n) is 5.48. The molecule has 0 N–H and O–H groups in total.